The van der Waals surface area contributed by atoms with Gasteiger partial charge in [0, 0.05) is 12.1 Å². The minimum absolute atomic E-state index is 0.176. The molecule has 0 N–H and O–H groups in total. The van der Waals surface area contributed by atoms with Crippen molar-refractivity contribution in [1.82, 2.24) is 4.90 Å². The lowest BCUT2D eigenvalue weighted by molar-refractivity contribution is 0.288. The molecule has 88 valence electrons. The summed E-state index contributed by atoms with van der Waals surface area (Å²) in [5.41, 5.74) is 1.51. The van der Waals surface area contributed by atoms with Crippen LogP contribution in [0, 0.1) is 22.7 Å². The number of methoxy groups -OCH3 is 1. The zero-order valence-electron chi connectivity index (χ0n) is 10.3. The summed E-state index contributed by atoms with van der Waals surface area (Å²) in [7, 11) is 3.46. The van der Waals surface area contributed by atoms with E-state index in [1.165, 1.54) is 0 Å². The van der Waals surface area contributed by atoms with Gasteiger partial charge in [0.25, 0.3) is 0 Å². The second-order valence-electron chi connectivity index (χ2n) is 3.86. The quantitative estimate of drug-likeness (QED) is 0.791. The van der Waals surface area contributed by atoms with Gasteiger partial charge in [-0.25, -0.2) is 0 Å². The van der Waals surface area contributed by atoms with Crippen LogP contribution in [0.3, 0.4) is 0 Å². The van der Waals surface area contributed by atoms with E-state index in [1.54, 1.807) is 25.3 Å². The standard InChI is InChI=1S/C13H15N3O/c1-10(7-14)16(2)9-12-6-11(8-15)4-5-13(12)17-3/h4-6,10H,9H2,1-3H3. The molecule has 0 aliphatic heterocycles. The molecule has 0 aromatic heterocycles. The second kappa shape index (κ2) is 5.89. The number of hydrogen-bond donors (Lipinski definition) is 0. The third-order valence-corrected chi connectivity index (χ3v) is 2.68. The predicted octanol–water partition coefficient (Wildman–Crippen LogP) is 1.91. The molecule has 0 heterocycles. The Balaban J connectivity index is 2.97. The number of ether oxygens (including phenoxy) is 1. The third kappa shape index (κ3) is 3.21. The molecule has 1 atom stereocenters. The Bertz CT molecular complexity index is 471. The van der Waals surface area contributed by atoms with Gasteiger partial charge in [0.1, 0.15) is 5.75 Å². The van der Waals surface area contributed by atoms with Crippen molar-refractivity contribution in [2.45, 2.75) is 19.5 Å². The first-order valence-electron chi connectivity index (χ1n) is 5.29. The topological polar surface area (TPSA) is 60.0 Å². The van der Waals surface area contributed by atoms with Crippen LogP contribution in [0.15, 0.2) is 18.2 Å². The van der Waals surface area contributed by atoms with Crippen LogP contribution in [-0.4, -0.2) is 25.1 Å². The highest BCUT2D eigenvalue weighted by Gasteiger charge is 2.12. The van der Waals surface area contributed by atoms with Gasteiger partial charge in [-0.05, 0) is 32.2 Å². The molecular formula is C13H15N3O. The normalized spacial score (nSPS) is 11.6. The fourth-order valence-corrected chi connectivity index (χ4v) is 1.48. The van der Waals surface area contributed by atoms with E-state index in [2.05, 4.69) is 12.1 Å². The van der Waals surface area contributed by atoms with E-state index < -0.39 is 0 Å². The Morgan fingerprint density at radius 3 is 2.65 bits per heavy atom. The Labute approximate surface area is 102 Å². The number of nitrogens with zero attached hydrogens (tertiary/aromatic N) is 3. The van der Waals surface area contributed by atoms with E-state index in [9.17, 15) is 0 Å². The molecule has 0 saturated carbocycles. The van der Waals surface area contributed by atoms with Gasteiger partial charge in [-0.3, -0.25) is 4.90 Å². The summed E-state index contributed by atoms with van der Waals surface area (Å²) in [5.74, 6) is 0.737. The highest BCUT2D eigenvalue weighted by molar-refractivity contribution is 5.42. The van der Waals surface area contributed by atoms with Crippen LogP contribution in [0.5, 0.6) is 5.75 Å². The lowest BCUT2D eigenvalue weighted by Gasteiger charge is -2.20. The molecule has 0 aliphatic carbocycles. The van der Waals surface area contributed by atoms with Gasteiger partial charge in [-0.2, -0.15) is 10.5 Å². The summed E-state index contributed by atoms with van der Waals surface area (Å²) in [5, 5.41) is 17.7. The fourth-order valence-electron chi connectivity index (χ4n) is 1.48. The summed E-state index contributed by atoms with van der Waals surface area (Å²) in [6.07, 6.45) is 0. The molecule has 1 unspecified atom stereocenters. The van der Waals surface area contributed by atoms with Crippen molar-refractivity contribution >= 4 is 0 Å². The molecule has 0 radical (unpaired) electrons. The van der Waals surface area contributed by atoms with Crippen LogP contribution in [0.4, 0.5) is 0 Å². The van der Waals surface area contributed by atoms with Gasteiger partial charge < -0.3 is 4.74 Å². The summed E-state index contributed by atoms with van der Waals surface area (Å²) in [6.45, 7) is 2.41. The van der Waals surface area contributed by atoms with Crippen molar-refractivity contribution < 1.29 is 4.74 Å². The number of rotatable bonds is 4. The largest absolute Gasteiger partial charge is 0.496 e. The maximum Gasteiger partial charge on any atom is 0.123 e. The highest BCUT2D eigenvalue weighted by atomic mass is 16.5. The zero-order valence-corrected chi connectivity index (χ0v) is 10.3. The van der Waals surface area contributed by atoms with Gasteiger partial charge in [-0.1, -0.05) is 0 Å². The average Bonchev–Trinajstić information content (AvgIpc) is 2.37. The van der Waals surface area contributed by atoms with Crippen LogP contribution in [0.1, 0.15) is 18.1 Å². The fraction of sp³-hybridized carbons (Fsp3) is 0.385. The van der Waals surface area contributed by atoms with Crippen molar-refractivity contribution in [2.75, 3.05) is 14.2 Å². The van der Waals surface area contributed by atoms with E-state index >= 15 is 0 Å². The third-order valence-electron chi connectivity index (χ3n) is 2.68. The molecular weight excluding hydrogens is 214 g/mol. The molecule has 4 heteroatoms. The van der Waals surface area contributed by atoms with Gasteiger partial charge >= 0.3 is 0 Å². The monoisotopic (exact) mass is 229 g/mol. The minimum Gasteiger partial charge on any atom is -0.496 e. The van der Waals surface area contributed by atoms with Crippen LogP contribution in [-0.2, 0) is 6.54 Å². The summed E-state index contributed by atoms with van der Waals surface area (Å²) < 4.78 is 5.24. The highest BCUT2D eigenvalue weighted by Crippen LogP contribution is 2.21. The van der Waals surface area contributed by atoms with E-state index in [1.807, 2.05) is 18.9 Å². The first-order chi connectivity index (χ1) is 8.12. The van der Waals surface area contributed by atoms with Crippen molar-refractivity contribution in [1.29, 1.82) is 10.5 Å². The van der Waals surface area contributed by atoms with Crippen LogP contribution in [0.25, 0.3) is 0 Å². The zero-order chi connectivity index (χ0) is 12.8. The first-order valence-corrected chi connectivity index (χ1v) is 5.29. The Hall–Kier alpha value is -2.04. The van der Waals surface area contributed by atoms with Crippen LogP contribution < -0.4 is 4.74 Å². The van der Waals surface area contributed by atoms with E-state index in [0.29, 0.717) is 12.1 Å². The number of benzene rings is 1. The molecule has 0 saturated heterocycles. The SMILES string of the molecule is COc1ccc(C#N)cc1CN(C)C(C)C#N. The van der Waals surface area contributed by atoms with Crippen molar-refractivity contribution in [3.63, 3.8) is 0 Å². The van der Waals surface area contributed by atoms with E-state index in [-0.39, 0.29) is 6.04 Å². The molecule has 0 amide bonds. The summed E-state index contributed by atoms with van der Waals surface area (Å²) in [4.78, 5) is 1.90. The van der Waals surface area contributed by atoms with Gasteiger partial charge in [-0.15, -0.1) is 0 Å². The predicted molar refractivity (Wildman–Crippen MR) is 64.3 cm³/mol. The lowest BCUT2D eigenvalue weighted by Crippen LogP contribution is -2.27. The minimum atomic E-state index is -0.176. The molecule has 1 aromatic carbocycles. The van der Waals surface area contributed by atoms with E-state index in [4.69, 9.17) is 15.3 Å². The van der Waals surface area contributed by atoms with Crippen molar-refractivity contribution in [3.8, 4) is 17.9 Å². The molecule has 17 heavy (non-hydrogen) atoms. The summed E-state index contributed by atoms with van der Waals surface area (Å²) in [6, 6.07) is 9.38. The number of hydrogen-bond acceptors (Lipinski definition) is 4. The Morgan fingerprint density at radius 1 is 1.41 bits per heavy atom. The van der Waals surface area contributed by atoms with Gasteiger partial charge in [0.15, 0.2) is 0 Å². The molecule has 0 spiro atoms. The molecule has 1 rings (SSSR count). The smallest absolute Gasteiger partial charge is 0.123 e. The Kier molecular flexibility index (Phi) is 4.51. The summed E-state index contributed by atoms with van der Waals surface area (Å²) >= 11 is 0. The Morgan fingerprint density at radius 2 is 2.12 bits per heavy atom. The first kappa shape index (κ1) is 13.0. The molecule has 4 nitrogen and oxygen atoms in total. The van der Waals surface area contributed by atoms with Crippen molar-refractivity contribution in [3.05, 3.63) is 29.3 Å². The molecule has 0 fully saturated rings. The lowest BCUT2D eigenvalue weighted by atomic mass is 10.1. The molecule has 1 aromatic rings. The maximum atomic E-state index is 8.86. The molecule has 0 bridgehead atoms. The van der Waals surface area contributed by atoms with Gasteiger partial charge in [0.2, 0.25) is 0 Å². The maximum absolute atomic E-state index is 8.86. The second-order valence-corrected chi connectivity index (χ2v) is 3.86. The number of nitriles is 2. The van der Waals surface area contributed by atoms with Crippen LogP contribution in [0.2, 0.25) is 0 Å². The van der Waals surface area contributed by atoms with E-state index in [0.717, 1.165) is 11.3 Å². The van der Waals surface area contributed by atoms with Crippen LogP contribution >= 0.6 is 0 Å². The van der Waals surface area contributed by atoms with Gasteiger partial charge in [0.05, 0.1) is 30.9 Å². The average molecular weight is 229 g/mol. The van der Waals surface area contributed by atoms with Crippen molar-refractivity contribution in [2.24, 2.45) is 0 Å². The molecule has 0 aliphatic rings.